The van der Waals surface area contributed by atoms with Gasteiger partial charge in [-0.3, -0.25) is 0 Å². The standard InChI is InChI=1S/C34H28N2OP/c1-26-22-24-27(25-23-26)32-36-34(33(37-32)35-28-14-6-2-7-15-28)38(29-16-8-3-9-17-29,30-18-10-4-11-19-30)31-20-12-5-13-21-31/h2-25,35H,1H3/q+1. The van der Waals surface area contributed by atoms with Gasteiger partial charge in [0.05, 0.1) is 0 Å². The van der Waals surface area contributed by atoms with Crippen molar-refractivity contribution in [2.75, 3.05) is 5.32 Å². The summed E-state index contributed by atoms with van der Waals surface area (Å²) in [4.78, 5) is 5.33. The number of aryl methyl sites for hydroxylation is 1. The van der Waals surface area contributed by atoms with E-state index >= 15 is 0 Å². The first-order valence-corrected chi connectivity index (χ1v) is 14.5. The molecule has 0 atom stereocenters. The molecule has 0 unspecified atom stereocenters. The van der Waals surface area contributed by atoms with E-state index in [-0.39, 0.29) is 0 Å². The fourth-order valence-corrected chi connectivity index (χ4v) is 9.00. The number of rotatable bonds is 7. The van der Waals surface area contributed by atoms with Crippen LogP contribution in [0, 0.1) is 6.92 Å². The van der Waals surface area contributed by atoms with Crippen LogP contribution in [-0.4, -0.2) is 4.98 Å². The molecule has 0 saturated carbocycles. The van der Waals surface area contributed by atoms with Gasteiger partial charge < -0.3 is 9.73 Å². The molecule has 0 aliphatic heterocycles. The quantitative estimate of drug-likeness (QED) is 0.234. The highest BCUT2D eigenvalue weighted by molar-refractivity contribution is 8.01. The topological polar surface area (TPSA) is 38.1 Å². The van der Waals surface area contributed by atoms with Gasteiger partial charge in [0.2, 0.25) is 5.89 Å². The second-order valence-electron chi connectivity index (χ2n) is 9.21. The molecular formula is C34H28N2OP+. The zero-order chi connectivity index (χ0) is 25.8. The Kier molecular flexibility index (Phi) is 6.60. The van der Waals surface area contributed by atoms with Crippen LogP contribution in [0.3, 0.4) is 0 Å². The molecule has 0 aliphatic rings. The van der Waals surface area contributed by atoms with E-state index in [1.807, 2.05) is 30.3 Å². The molecule has 1 aromatic heterocycles. The van der Waals surface area contributed by atoms with Gasteiger partial charge in [-0.1, -0.05) is 90.5 Å². The van der Waals surface area contributed by atoms with E-state index in [0.29, 0.717) is 11.8 Å². The highest BCUT2D eigenvalue weighted by atomic mass is 31.2. The largest absolute Gasteiger partial charge is 0.416 e. The van der Waals surface area contributed by atoms with Crippen LogP contribution < -0.4 is 26.7 Å². The van der Waals surface area contributed by atoms with Crippen LogP contribution in [0.25, 0.3) is 11.5 Å². The minimum absolute atomic E-state index is 0.602. The molecule has 3 nitrogen and oxygen atoms in total. The maximum Gasteiger partial charge on any atom is 0.263 e. The third-order valence-electron chi connectivity index (χ3n) is 6.69. The Balaban J connectivity index is 1.69. The Bertz CT molecular complexity index is 1520. The van der Waals surface area contributed by atoms with Crippen molar-refractivity contribution in [1.29, 1.82) is 0 Å². The predicted octanol–water partition coefficient (Wildman–Crippen LogP) is 7.01. The number of oxazole rings is 1. The lowest BCUT2D eigenvalue weighted by Gasteiger charge is -2.25. The lowest BCUT2D eigenvalue weighted by Crippen LogP contribution is -2.40. The van der Waals surface area contributed by atoms with Crippen molar-refractivity contribution in [1.82, 2.24) is 4.98 Å². The molecule has 0 amide bonds. The van der Waals surface area contributed by atoms with E-state index in [2.05, 4.69) is 128 Å². The second kappa shape index (κ2) is 10.5. The van der Waals surface area contributed by atoms with Gasteiger partial charge in [-0.25, -0.2) is 0 Å². The lowest BCUT2D eigenvalue weighted by molar-refractivity contribution is 0.592. The Hall–Kier alpha value is -4.46. The van der Waals surface area contributed by atoms with Gasteiger partial charge in [-0.2, -0.15) is 4.98 Å². The van der Waals surface area contributed by atoms with Gasteiger partial charge in [-0.15, -0.1) is 0 Å². The smallest absolute Gasteiger partial charge is 0.263 e. The first-order valence-electron chi connectivity index (χ1n) is 12.7. The molecule has 6 aromatic rings. The van der Waals surface area contributed by atoms with E-state index < -0.39 is 7.26 Å². The molecular weight excluding hydrogens is 483 g/mol. The van der Waals surface area contributed by atoms with E-state index in [1.54, 1.807) is 0 Å². The summed E-state index contributed by atoms with van der Waals surface area (Å²) in [6, 6.07) is 50.7. The molecule has 0 saturated heterocycles. The maximum atomic E-state index is 6.62. The fourth-order valence-electron chi connectivity index (χ4n) is 4.86. The summed E-state index contributed by atoms with van der Waals surface area (Å²) < 4.78 is 6.62. The fraction of sp³-hybridized carbons (Fsp3) is 0.0294. The van der Waals surface area contributed by atoms with Crippen molar-refractivity contribution in [3.05, 3.63) is 151 Å². The van der Waals surface area contributed by atoms with Crippen LogP contribution in [-0.2, 0) is 0 Å². The minimum Gasteiger partial charge on any atom is -0.416 e. The monoisotopic (exact) mass is 511 g/mol. The zero-order valence-corrected chi connectivity index (χ0v) is 22.1. The highest BCUT2D eigenvalue weighted by Crippen LogP contribution is 2.56. The summed E-state index contributed by atoms with van der Waals surface area (Å²) in [7, 11) is -2.46. The molecule has 0 fully saturated rings. The zero-order valence-electron chi connectivity index (χ0n) is 21.2. The normalized spacial score (nSPS) is 11.3. The van der Waals surface area contributed by atoms with Crippen molar-refractivity contribution < 1.29 is 4.42 Å². The Morgan fingerprint density at radius 2 is 1.00 bits per heavy atom. The van der Waals surface area contributed by atoms with Crippen molar-refractivity contribution in [3.63, 3.8) is 0 Å². The van der Waals surface area contributed by atoms with Crippen molar-refractivity contribution in [3.8, 4) is 11.5 Å². The number of anilines is 2. The van der Waals surface area contributed by atoms with E-state index in [0.717, 1.165) is 16.7 Å². The van der Waals surface area contributed by atoms with Crippen molar-refractivity contribution in [2.24, 2.45) is 0 Å². The molecule has 5 aromatic carbocycles. The van der Waals surface area contributed by atoms with Crippen LogP contribution in [0.5, 0.6) is 0 Å². The third-order valence-corrected chi connectivity index (χ3v) is 10.8. The van der Waals surface area contributed by atoms with E-state index in [4.69, 9.17) is 9.40 Å². The number of nitrogens with zero attached hydrogens (tertiary/aromatic N) is 1. The number of para-hydroxylation sites is 1. The van der Waals surface area contributed by atoms with Crippen LogP contribution >= 0.6 is 7.26 Å². The summed E-state index contributed by atoms with van der Waals surface area (Å²) in [5.74, 6) is 1.27. The summed E-state index contributed by atoms with van der Waals surface area (Å²) in [5.41, 5.74) is 4.02. The van der Waals surface area contributed by atoms with Gasteiger partial charge in [0.15, 0.2) is 7.26 Å². The van der Waals surface area contributed by atoms with Gasteiger partial charge in [0, 0.05) is 11.3 Å². The molecule has 184 valence electrons. The molecule has 4 heteroatoms. The predicted molar refractivity (Wildman–Crippen MR) is 161 cm³/mol. The van der Waals surface area contributed by atoms with Crippen LogP contribution in [0.2, 0.25) is 0 Å². The van der Waals surface area contributed by atoms with Crippen LogP contribution in [0.4, 0.5) is 11.6 Å². The number of nitrogens with one attached hydrogen (secondary N) is 1. The van der Waals surface area contributed by atoms with Crippen LogP contribution in [0.1, 0.15) is 5.56 Å². The second-order valence-corrected chi connectivity index (χ2v) is 12.5. The Morgan fingerprint density at radius 3 is 1.47 bits per heavy atom. The molecule has 6 rings (SSSR count). The Morgan fingerprint density at radius 1 is 0.553 bits per heavy atom. The first kappa shape index (κ1) is 23.9. The molecule has 38 heavy (non-hydrogen) atoms. The van der Waals surface area contributed by atoms with Crippen molar-refractivity contribution >= 4 is 40.2 Å². The average Bonchev–Trinajstić information content (AvgIpc) is 3.40. The van der Waals surface area contributed by atoms with E-state index in [9.17, 15) is 0 Å². The first-order chi connectivity index (χ1) is 18.7. The maximum absolute atomic E-state index is 6.62. The van der Waals surface area contributed by atoms with Gasteiger partial charge in [0.25, 0.3) is 11.3 Å². The molecule has 1 heterocycles. The number of benzene rings is 5. The summed E-state index contributed by atoms with van der Waals surface area (Å²) in [5, 5.41) is 7.25. The number of aromatic nitrogens is 1. The van der Waals surface area contributed by atoms with Crippen molar-refractivity contribution in [2.45, 2.75) is 6.92 Å². The molecule has 0 radical (unpaired) electrons. The molecule has 0 aliphatic carbocycles. The van der Waals surface area contributed by atoms with Gasteiger partial charge in [-0.05, 0) is 67.6 Å². The SMILES string of the molecule is Cc1ccc(-c2nc([P+](c3ccccc3)(c3ccccc3)c3ccccc3)c(Nc3ccccc3)o2)cc1. The van der Waals surface area contributed by atoms with Crippen LogP contribution in [0.15, 0.2) is 150 Å². The summed E-state index contributed by atoms with van der Waals surface area (Å²) >= 11 is 0. The third kappa shape index (κ3) is 4.42. The molecule has 1 N–H and O–H groups in total. The number of hydrogen-bond acceptors (Lipinski definition) is 3. The summed E-state index contributed by atoms with van der Waals surface area (Å²) in [6.45, 7) is 2.09. The lowest BCUT2D eigenvalue weighted by atomic mass is 10.1. The van der Waals surface area contributed by atoms with Gasteiger partial charge >= 0.3 is 0 Å². The minimum atomic E-state index is -2.46. The molecule has 0 spiro atoms. The average molecular weight is 512 g/mol. The highest BCUT2D eigenvalue weighted by Gasteiger charge is 2.53. The van der Waals surface area contributed by atoms with E-state index in [1.165, 1.54) is 21.5 Å². The molecule has 0 bridgehead atoms. The van der Waals surface area contributed by atoms with Gasteiger partial charge in [0.1, 0.15) is 15.9 Å². The summed E-state index contributed by atoms with van der Waals surface area (Å²) in [6.07, 6.45) is 0. The Labute approximate surface area is 224 Å². The number of hydrogen-bond donors (Lipinski definition) is 1.